The van der Waals surface area contributed by atoms with Crippen LogP contribution in [0.1, 0.15) is 76.0 Å². The molecule has 0 heterocycles. The summed E-state index contributed by atoms with van der Waals surface area (Å²) in [6, 6.07) is 49.2. The van der Waals surface area contributed by atoms with Crippen LogP contribution in [0.15, 0.2) is 182 Å². The average Bonchev–Trinajstić information content (AvgIpc) is 3.28. The van der Waals surface area contributed by atoms with Crippen molar-refractivity contribution < 1.29 is 33.5 Å². The van der Waals surface area contributed by atoms with E-state index < -0.39 is 63.0 Å². The molecule has 0 aliphatic rings. The lowest BCUT2D eigenvalue weighted by atomic mass is 10.2. The predicted octanol–water partition coefficient (Wildman–Crippen LogP) is 12.7. The molecule has 0 amide bonds. The zero-order valence-electron chi connectivity index (χ0n) is 31.4. The topological polar surface area (TPSA) is 112 Å². The highest BCUT2D eigenvalue weighted by Crippen LogP contribution is 3.02. The van der Waals surface area contributed by atoms with Gasteiger partial charge in [-0.15, -0.1) is 0 Å². The standard InChI is InChI=1S/C42H30O6P4.C4H10O/c43-37(31-19-7-1-8-20-31)49(38(44)32-21-9-2-10-22-32)52(50(39(45)33-23-11-3-12-24-33)40(46)34-25-13-4-14-26-34)51(41(47)35-27-15-5-16-28-35)42(48)36-29-17-6-18-30-36;1-3-5-4-2/h1-30H;3-4H2,1-2H3. The zero-order valence-corrected chi connectivity index (χ0v) is 35.0. The zero-order chi connectivity index (χ0) is 40.6. The summed E-state index contributed by atoms with van der Waals surface area (Å²) >= 11 is 0. The van der Waals surface area contributed by atoms with Gasteiger partial charge in [0.05, 0.1) is 22.8 Å². The Balaban J connectivity index is 0.00000117. The molecule has 6 aromatic carbocycles. The van der Waals surface area contributed by atoms with Crippen LogP contribution in [0.25, 0.3) is 0 Å². The molecule has 0 atom stereocenters. The quantitative estimate of drug-likeness (QED) is 0.0842. The van der Waals surface area contributed by atoms with Gasteiger partial charge in [-0.1, -0.05) is 182 Å². The van der Waals surface area contributed by atoms with Crippen LogP contribution in [0, 0.1) is 0 Å². The normalized spacial score (nSPS) is 10.8. The van der Waals surface area contributed by atoms with Crippen molar-refractivity contribution in [2.75, 3.05) is 13.2 Å². The molecule has 0 N–H and O–H groups in total. The van der Waals surface area contributed by atoms with E-state index in [1.165, 1.54) is 0 Å². The highest BCUT2D eigenvalue weighted by molar-refractivity contribution is 8.95. The Kier molecular flexibility index (Phi) is 16.7. The second-order valence-electron chi connectivity index (χ2n) is 12.0. The van der Waals surface area contributed by atoms with Gasteiger partial charge in [-0.2, -0.15) is 0 Å². The highest BCUT2D eigenvalue weighted by Gasteiger charge is 2.54. The van der Waals surface area contributed by atoms with E-state index in [4.69, 9.17) is 4.74 Å². The summed E-state index contributed by atoms with van der Waals surface area (Å²) in [7, 11) is -8.12. The van der Waals surface area contributed by atoms with Crippen LogP contribution < -0.4 is 0 Å². The van der Waals surface area contributed by atoms with E-state index in [0.29, 0.717) is 0 Å². The van der Waals surface area contributed by atoms with E-state index in [1.807, 2.05) is 13.8 Å². The largest absolute Gasteiger partial charge is 0.382 e. The van der Waals surface area contributed by atoms with Crippen LogP contribution in [0.3, 0.4) is 0 Å². The molecule has 286 valence electrons. The van der Waals surface area contributed by atoms with Gasteiger partial charge in [0.2, 0.25) is 0 Å². The number of hydrogen-bond acceptors (Lipinski definition) is 7. The smallest absolute Gasteiger partial charge is 0.197 e. The third kappa shape index (κ3) is 11.1. The lowest BCUT2D eigenvalue weighted by Crippen LogP contribution is -2.14. The van der Waals surface area contributed by atoms with Gasteiger partial charge in [0.25, 0.3) is 0 Å². The van der Waals surface area contributed by atoms with E-state index in [0.717, 1.165) is 13.2 Å². The van der Waals surface area contributed by atoms with Crippen LogP contribution in [0.2, 0.25) is 0 Å². The van der Waals surface area contributed by atoms with Crippen LogP contribution in [-0.4, -0.2) is 46.4 Å². The average molecular weight is 829 g/mol. The Morgan fingerprint density at radius 2 is 0.474 bits per heavy atom. The molecule has 0 saturated carbocycles. The summed E-state index contributed by atoms with van der Waals surface area (Å²) in [5.74, 6) is 0. The SMILES string of the molecule is CCOCC.O=C(c1ccccc1)P(C(=O)c1ccccc1)P(P(C(=O)c1ccccc1)C(=O)c1ccccc1)P(C(=O)c1ccccc1)C(=O)c1ccccc1. The number of ether oxygens (including phenoxy) is 1. The van der Waals surface area contributed by atoms with Gasteiger partial charge in [-0.05, 0) is 13.8 Å². The minimum atomic E-state index is -2.71. The summed E-state index contributed by atoms with van der Waals surface area (Å²) in [6.45, 7) is 3.03. The molecule has 0 radical (unpaired) electrons. The summed E-state index contributed by atoms with van der Waals surface area (Å²) < 4.78 is 4.83. The van der Waals surface area contributed by atoms with E-state index in [2.05, 4.69) is 0 Å². The van der Waals surface area contributed by atoms with E-state index in [-0.39, 0.29) is 33.4 Å². The molecule has 0 bridgehead atoms. The molecular weight excluding hydrogens is 788 g/mol. The third-order valence-corrected chi connectivity index (χ3v) is 29.3. The molecule has 0 aliphatic heterocycles. The van der Waals surface area contributed by atoms with Crippen molar-refractivity contribution in [1.82, 2.24) is 0 Å². The van der Waals surface area contributed by atoms with Crippen molar-refractivity contribution in [3.05, 3.63) is 215 Å². The third-order valence-electron chi connectivity index (χ3n) is 8.22. The number of carbonyl (C=O) groups is 6. The van der Waals surface area contributed by atoms with Crippen molar-refractivity contribution in [2.24, 2.45) is 0 Å². The Hall–Kier alpha value is -4.98. The second-order valence-corrected chi connectivity index (χ2v) is 26.9. The number of carbonyl (C=O) groups excluding carboxylic acids is 6. The van der Waals surface area contributed by atoms with E-state index >= 15 is 28.8 Å². The number of hydrogen-bond donors (Lipinski definition) is 0. The molecule has 0 spiro atoms. The molecule has 6 rings (SSSR count). The molecule has 7 nitrogen and oxygen atoms in total. The van der Waals surface area contributed by atoms with Crippen LogP contribution in [0.5, 0.6) is 0 Å². The summed E-state index contributed by atoms with van der Waals surface area (Å²) in [6.07, 6.45) is 0. The molecular formula is C46H40O7P4. The fourth-order valence-electron chi connectivity index (χ4n) is 5.45. The summed E-state index contributed by atoms with van der Waals surface area (Å²) in [5, 5.41) is 0. The van der Waals surface area contributed by atoms with Crippen molar-refractivity contribution in [3.8, 4) is 0 Å². The van der Waals surface area contributed by atoms with Crippen molar-refractivity contribution in [1.29, 1.82) is 0 Å². The molecule has 0 aliphatic carbocycles. The molecule has 0 saturated heterocycles. The minimum Gasteiger partial charge on any atom is -0.382 e. The second kappa shape index (κ2) is 22.1. The maximum atomic E-state index is 15.0. The summed E-state index contributed by atoms with van der Waals surface area (Å²) in [5.41, 5.74) is -2.46. The first-order valence-electron chi connectivity index (χ1n) is 18.1. The minimum absolute atomic E-state index is 0.189. The molecule has 11 heteroatoms. The van der Waals surface area contributed by atoms with Gasteiger partial charge in [-0.25, -0.2) is 0 Å². The van der Waals surface area contributed by atoms with Gasteiger partial charge in [0.15, 0.2) is 33.1 Å². The fraction of sp³-hybridized carbons (Fsp3) is 0.0870. The van der Waals surface area contributed by atoms with Crippen LogP contribution in [-0.2, 0) is 4.74 Å². The highest BCUT2D eigenvalue weighted by atomic mass is 32.8. The van der Waals surface area contributed by atoms with Gasteiger partial charge < -0.3 is 4.74 Å². The van der Waals surface area contributed by atoms with Crippen LogP contribution >= 0.6 is 29.8 Å². The van der Waals surface area contributed by atoms with Crippen molar-refractivity contribution in [3.63, 3.8) is 0 Å². The first-order chi connectivity index (χ1) is 27.8. The monoisotopic (exact) mass is 828 g/mol. The van der Waals surface area contributed by atoms with Crippen LogP contribution in [0.4, 0.5) is 0 Å². The van der Waals surface area contributed by atoms with Gasteiger partial charge in [0, 0.05) is 53.6 Å². The Bertz CT molecular complexity index is 1850. The first kappa shape index (κ1) is 43.1. The number of benzene rings is 6. The Morgan fingerprint density at radius 3 is 0.596 bits per heavy atom. The van der Waals surface area contributed by atoms with Crippen molar-refractivity contribution in [2.45, 2.75) is 13.8 Å². The lowest BCUT2D eigenvalue weighted by molar-refractivity contribution is 0.104. The van der Waals surface area contributed by atoms with Crippen molar-refractivity contribution >= 4 is 63.0 Å². The maximum absolute atomic E-state index is 15.0. The fourth-order valence-corrected chi connectivity index (χ4v) is 30.1. The maximum Gasteiger partial charge on any atom is 0.197 e. The Morgan fingerprint density at radius 1 is 0.316 bits per heavy atom. The molecule has 0 unspecified atom stereocenters. The Labute approximate surface area is 337 Å². The lowest BCUT2D eigenvalue weighted by Gasteiger charge is -2.35. The van der Waals surface area contributed by atoms with E-state index in [9.17, 15) is 0 Å². The molecule has 0 fully saturated rings. The molecule has 6 aromatic rings. The number of rotatable bonds is 17. The first-order valence-corrected chi connectivity index (χ1v) is 25.6. The van der Waals surface area contributed by atoms with Gasteiger partial charge >= 0.3 is 0 Å². The predicted molar refractivity (Wildman–Crippen MR) is 234 cm³/mol. The molecule has 57 heavy (non-hydrogen) atoms. The van der Waals surface area contributed by atoms with E-state index in [1.54, 1.807) is 182 Å². The van der Waals surface area contributed by atoms with Gasteiger partial charge in [-0.3, -0.25) is 28.8 Å². The summed E-state index contributed by atoms with van der Waals surface area (Å²) in [4.78, 5) is 90.3. The molecule has 0 aromatic heterocycles. The van der Waals surface area contributed by atoms with Gasteiger partial charge in [0.1, 0.15) is 0 Å².